The summed E-state index contributed by atoms with van der Waals surface area (Å²) in [5.74, 6) is -0.0666. The molecule has 1 aliphatic rings. The first-order valence-corrected chi connectivity index (χ1v) is 14.5. The van der Waals surface area contributed by atoms with E-state index in [0.717, 1.165) is 23.3 Å². The molecule has 0 aliphatic carbocycles. The van der Waals surface area contributed by atoms with Gasteiger partial charge in [0, 0.05) is 0 Å². The summed E-state index contributed by atoms with van der Waals surface area (Å²) in [6.45, 7) is 3.70. The molecule has 0 amide bonds. The predicted octanol–water partition coefficient (Wildman–Crippen LogP) is 5.33. The van der Waals surface area contributed by atoms with E-state index in [9.17, 15) is 22.1 Å². The molecule has 0 spiro atoms. The zero-order valence-corrected chi connectivity index (χ0v) is 22.1. The monoisotopic (exact) mass is 552 g/mol. The Hall–Kier alpha value is -3.85. The summed E-state index contributed by atoms with van der Waals surface area (Å²) in [6.07, 6.45) is 1.55. The van der Waals surface area contributed by atoms with Gasteiger partial charge in [0.25, 0.3) is 0 Å². The molecule has 188 valence electrons. The van der Waals surface area contributed by atoms with Crippen molar-refractivity contribution in [3.63, 3.8) is 0 Å². The molecular weight excluding hydrogens is 532 g/mol. The molecule has 0 N–H and O–H groups in total. The normalized spacial score (nSPS) is 15.9. The standard InChI is InChI=1S/C26H20N2O6S3/c1-18-7-11-21(12-8-18)36(29,30)33-20-9-13-22(14-10-20)37(31,32)34-28-25-15-16-35-26(25)24(17-27)23-6-4-3-5-19(23)2/h3-16H,1-2H3/b26-24-,28-25-. The minimum Gasteiger partial charge on any atom is -0.379 e. The van der Waals surface area contributed by atoms with Crippen molar-refractivity contribution < 1.29 is 25.3 Å². The molecular formula is C26H20N2O6S3. The van der Waals surface area contributed by atoms with Crippen molar-refractivity contribution in [1.29, 1.82) is 5.26 Å². The van der Waals surface area contributed by atoms with Crippen LogP contribution in [0.4, 0.5) is 0 Å². The maximum atomic E-state index is 12.7. The Morgan fingerprint density at radius 3 is 2.14 bits per heavy atom. The largest absolute Gasteiger partial charge is 0.379 e. The van der Waals surface area contributed by atoms with Gasteiger partial charge in [-0.1, -0.05) is 58.9 Å². The highest BCUT2D eigenvalue weighted by Crippen LogP contribution is 2.35. The van der Waals surface area contributed by atoms with Gasteiger partial charge in [0.15, 0.2) is 0 Å². The number of hydrogen-bond donors (Lipinski definition) is 0. The van der Waals surface area contributed by atoms with Crippen LogP contribution in [0.2, 0.25) is 0 Å². The molecule has 3 aromatic carbocycles. The van der Waals surface area contributed by atoms with Crippen molar-refractivity contribution in [2.75, 3.05) is 0 Å². The first-order chi connectivity index (χ1) is 17.6. The Bertz CT molecular complexity index is 1680. The van der Waals surface area contributed by atoms with E-state index in [4.69, 9.17) is 8.47 Å². The maximum Gasteiger partial charge on any atom is 0.358 e. The van der Waals surface area contributed by atoms with Gasteiger partial charge in [0.1, 0.15) is 27.3 Å². The number of rotatable bonds is 7. The Labute approximate surface area is 219 Å². The highest BCUT2D eigenvalue weighted by Gasteiger charge is 2.23. The van der Waals surface area contributed by atoms with Crippen LogP contribution in [-0.4, -0.2) is 22.5 Å². The molecule has 4 rings (SSSR count). The second-order valence-electron chi connectivity index (χ2n) is 7.88. The summed E-state index contributed by atoms with van der Waals surface area (Å²) in [6, 6.07) is 20.4. The lowest BCUT2D eigenvalue weighted by Gasteiger charge is -2.09. The minimum atomic E-state index is -4.33. The number of thioether (sulfide) groups is 1. The van der Waals surface area contributed by atoms with Crippen molar-refractivity contribution in [2.24, 2.45) is 5.16 Å². The predicted molar refractivity (Wildman–Crippen MR) is 142 cm³/mol. The lowest BCUT2D eigenvalue weighted by atomic mass is 10.0. The van der Waals surface area contributed by atoms with E-state index < -0.39 is 20.2 Å². The maximum absolute atomic E-state index is 12.7. The van der Waals surface area contributed by atoms with Crippen molar-refractivity contribution in [3.8, 4) is 11.8 Å². The number of nitriles is 1. The van der Waals surface area contributed by atoms with Crippen LogP contribution < -0.4 is 4.18 Å². The average molecular weight is 553 g/mol. The van der Waals surface area contributed by atoms with Gasteiger partial charge in [-0.3, -0.25) is 4.28 Å². The number of allylic oxidation sites excluding steroid dienone is 3. The molecule has 0 aromatic heterocycles. The fraction of sp³-hybridized carbons (Fsp3) is 0.0769. The summed E-state index contributed by atoms with van der Waals surface area (Å²) in [4.78, 5) is 0.191. The first kappa shape index (κ1) is 26.2. The SMILES string of the molecule is Cc1ccc(S(=O)(=O)Oc2ccc(S(=O)(=O)O/N=C3/C=CS/C3=C(/C#N)c3ccccc3C)cc2)cc1. The summed E-state index contributed by atoms with van der Waals surface area (Å²) in [5, 5.41) is 15.2. The quantitative estimate of drug-likeness (QED) is 0.219. The number of benzene rings is 3. The molecule has 8 nitrogen and oxygen atoms in total. The second kappa shape index (κ2) is 10.6. The van der Waals surface area contributed by atoms with Crippen LogP contribution in [-0.2, 0) is 24.5 Å². The minimum absolute atomic E-state index is 0.0252. The molecule has 0 fully saturated rings. The number of nitrogens with zero attached hydrogens (tertiary/aromatic N) is 2. The lowest BCUT2D eigenvalue weighted by Crippen LogP contribution is -2.10. The van der Waals surface area contributed by atoms with Gasteiger partial charge in [-0.25, -0.2) is 0 Å². The van der Waals surface area contributed by atoms with Crippen LogP contribution in [0.15, 0.2) is 104 Å². The van der Waals surface area contributed by atoms with Gasteiger partial charge in [-0.05, 0) is 72.9 Å². The molecule has 0 atom stereocenters. The van der Waals surface area contributed by atoms with Crippen LogP contribution in [0.5, 0.6) is 5.75 Å². The molecule has 0 unspecified atom stereocenters. The average Bonchev–Trinajstić information content (AvgIpc) is 3.33. The molecule has 1 heterocycles. The highest BCUT2D eigenvalue weighted by molar-refractivity contribution is 8.07. The molecule has 0 saturated heterocycles. The summed E-state index contributed by atoms with van der Waals surface area (Å²) >= 11 is 1.24. The van der Waals surface area contributed by atoms with Crippen LogP contribution in [0.25, 0.3) is 5.57 Å². The molecule has 37 heavy (non-hydrogen) atoms. The van der Waals surface area contributed by atoms with Gasteiger partial charge in [-0.2, -0.15) is 22.1 Å². The molecule has 0 saturated carbocycles. The third-order valence-electron chi connectivity index (χ3n) is 5.26. The van der Waals surface area contributed by atoms with Crippen molar-refractivity contribution in [1.82, 2.24) is 0 Å². The van der Waals surface area contributed by atoms with Crippen LogP contribution in [0.1, 0.15) is 16.7 Å². The van der Waals surface area contributed by atoms with Gasteiger partial charge in [0.05, 0.1) is 10.5 Å². The molecule has 11 heteroatoms. The summed E-state index contributed by atoms with van der Waals surface area (Å²) < 4.78 is 60.3. The van der Waals surface area contributed by atoms with E-state index in [2.05, 4.69) is 11.2 Å². The fourth-order valence-electron chi connectivity index (χ4n) is 3.32. The Kier molecular flexibility index (Phi) is 7.54. The highest BCUT2D eigenvalue weighted by atomic mass is 32.2. The lowest BCUT2D eigenvalue weighted by molar-refractivity contribution is 0.339. The Morgan fingerprint density at radius 2 is 1.49 bits per heavy atom. The van der Waals surface area contributed by atoms with Crippen molar-refractivity contribution in [2.45, 2.75) is 23.6 Å². The van der Waals surface area contributed by atoms with E-state index in [1.165, 1.54) is 36.0 Å². The molecule has 0 bridgehead atoms. The number of aryl methyl sites for hydroxylation is 2. The van der Waals surface area contributed by atoms with Crippen molar-refractivity contribution in [3.05, 3.63) is 106 Å². The molecule has 0 radical (unpaired) electrons. The fourth-order valence-corrected chi connectivity index (χ4v) is 5.82. The Morgan fingerprint density at radius 1 is 0.865 bits per heavy atom. The number of hydrogen-bond acceptors (Lipinski definition) is 9. The zero-order valence-electron chi connectivity index (χ0n) is 19.7. The second-order valence-corrected chi connectivity index (χ2v) is 11.9. The molecule has 3 aromatic rings. The van der Waals surface area contributed by atoms with Gasteiger partial charge in [0.2, 0.25) is 0 Å². The van der Waals surface area contributed by atoms with Crippen LogP contribution >= 0.6 is 11.8 Å². The summed E-state index contributed by atoms with van der Waals surface area (Å²) in [7, 11) is -8.42. The van der Waals surface area contributed by atoms with E-state index in [0.29, 0.717) is 16.0 Å². The van der Waals surface area contributed by atoms with E-state index in [1.54, 1.807) is 29.7 Å². The van der Waals surface area contributed by atoms with Crippen LogP contribution in [0.3, 0.4) is 0 Å². The van der Waals surface area contributed by atoms with Gasteiger partial charge < -0.3 is 4.18 Å². The number of oxime groups is 1. The molecule has 1 aliphatic heterocycles. The van der Waals surface area contributed by atoms with E-state index in [-0.39, 0.29) is 21.3 Å². The van der Waals surface area contributed by atoms with E-state index in [1.807, 2.05) is 32.0 Å². The van der Waals surface area contributed by atoms with Crippen molar-refractivity contribution >= 4 is 43.3 Å². The smallest absolute Gasteiger partial charge is 0.358 e. The summed E-state index contributed by atoms with van der Waals surface area (Å²) in [5.41, 5.74) is 3.04. The van der Waals surface area contributed by atoms with Gasteiger partial charge >= 0.3 is 20.2 Å². The van der Waals surface area contributed by atoms with Gasteiger partial charge in [-0.15, -0.1) is 0 Å². The topological polar surface area (TPSA) is 123 Å². The van der Waals surface area contributed by atoms with Crippen LogP contribution in [0, 0.1) is 25.2 Å². The van der Waals surface area contributed by atoms with E-state index >= 15 is 0 Å². The third-order valence-corrected chi connectivity index (χ3v) is 8.56. The first-order valence-electron chi connectivity index (χ1n) is 10.8. The zero-order chi connectivity index (χ0) is 26.6. The third kappa shape index (κ3) is 5.94. The Balaban J connectivity index is 1.54.